The zero-order chi connectivity index (χ0) is 12.4. The smallest absolute Gasteiger partial charge is 0.223 e. The van der Waals surface area contributed by atoms with Gasteiger partial charge in [-0.3, -0.25) is 4.79 Å². The molecule has 1 atom stereocenters. The normalized spacial score (nSPS) is 25.0. The number of hydrogen-bond acceptors (Lipinski definition) is 2. The molecule has 3 heteroatoms. The van der Waals surface area contributed by atoms with E-state index in [0.717, 1.165) is 24.8 Å². The van der Waals surface area contributed by atoms with Crippen LogP contribution in [0.2, 0.25) is 0 Å². The Kier molecular flexibility index (Phi) is 3.59. The van der Waals surface area contributed by atoms with Crippen molar-refractivity contribution < 1.29 is 4.79 Å². The van der Waals surface area contributed by atoms with Gasteiger partial charge in [-0.1, -0.05) is 30.3 Å². The van der Waals surface area contributed by atoms with Gasteiger partial charge in [-0.2, -0.15) is 11.8 Å². The predicted molar refractivity (Wildman–Crippen MR) is 75.6 cm³/mol. The van der Waals surface area contributed by atoms with Crippen molar-refractivity contribution in [3.63, 3.8) is 0 Å². The van der Waals surface area contributed by atoms with E-state index in [9.17, 15) is 4.79 Å². The summed E-state index contributed by atoms with van der Waals surface area (Å²) < 4.78 is 0. The van der Waals surface area contributed by atoms with Crippen molar-refractivity contribution in [2.24, 2.45) is 5.92 Å². The minimum absolute atomic E-state index is 0.354. The maximum Gasteiger partial charge on any atom is 0.223 e. The fraction of sp³-hybridized carbons (Fsp3) is 0.533. The Morgan fingerprint density at radius 3 is 2.72 bits per heavy atom. The van der Waals surface area contributed by atoms with Crippen LogP contribution in [0.5, 0.6) is 0 Å². The first kappa shape index (κ1) is 12.1. The van der Waals surface area contributed by atoms with E-state index >= 15 is 0 Å². The molecule has 2 aliphatic rings. The first-order chi connectivity index (χ1) is 8.83. The van der Waals surface area contributed by atoms with Crippen molar-refractivity contribution in [1.82, 2.24) is 4.90 Å². The van der Waals surface area contributed by atoms with Gasteiger partial charge in [-0.15, -0.1) is 0 Å². The van der Waals surface area contributed by atoms with E-state index < -0.39 is 0 Å². The average Bonchev–Trinajstić information content (AvgIpc) is 3.21. The lowest BCUT2D eigenvalue weighted by Gasteiger charge is -2.24. The maximum atomic E-state index is 12.1. The van der Waals surface area contributed by atoms with Gasteiger partial charge < -0.3 is 4.90 Å². The topological polar surface area (TPSA) is 20.3 Å². The number of carbonyl (C=O) groups is 1. The van der Waals surface area contributed by atoms with Crippen LogP contribution in [0.25, 0.3) is 0 Å². The van der Waals surface area contributed by atoms with Gasteiger partial charge in [0.1, 0.15) is 0 Å². The van der Waals surface area contributed by atoms with Crippen LogP contribution in [0.3, 0.4) is 0 Å². The zero-order valence-electron chi connectivity index (χ0n) is 10.5. The van der Waals surface area contributed by atoms with Crippen molar-refractivity contribution >= 4 is 17.7 Å². The van der Waals surface area contributed by atoms with Crippen LogP contribution >= 0.6 is 11.8 Å². The van der Waals surface area contributed by atoms with Crippen LogP contribution in [0.4, 0.5) is 0 Å². The van der Waals surface area contributed by atoms with E-state index in [2.05, 4.69) is 35.2 Å². The molecule has 1 aromatic carbocycles. The van der Waals surface area contributed by atoms with E-state index in [1.807, 2.05) is 11.8 Å². The molecule has 0 radical (unpaired) electrons. The van der Waals surface area contributed by atoms with Gasteiger partial charge in [-0.25, -0.2) is 0 Å². The minimum Gasteiger partial charge on any atom is -0.341 e. The second kappa shape index (κ2) is 5.35. The van der Waals surface area contributed by atoms with Crippen molar-refractivity contribution in [2.45, 2.75) is 24.5 Å². The monoisotopic (exact) mass is 261 g/mol. The number of benzene rings is 1. The Labute approximate surface area is 113 Å². The second-order valence-electron chi connectivity index (χ2n) is 5.26. The van der Waals surface area contributed by atoms with E-state index in [4.69, 9.17) is 0 Å². The molecular formula is C15H19NOS. The van der Waals surface area contributed by atoms with Crippen LogP contribution in [-0.4, -0.2) is 29.6 Å². The second-order valence-corrected chi connectivity index (χ2v) is 6.57. The SMILES string of the molecule is O=C1CCS[C@@H](c2ccccc2)CN1CC1CC1. The molecule has 1 aliphatic heterocycles. The summed E-state index contributed by atoms with van der Waals surface area (Å²) in [6, 6.07) is 10.6. The third kappa shape index (κ3) is 2.89. The zero-order valence-corrected chi connectivity index (χ0v) is 11.4. The highest BCUT2D eigenvalue weighted by atomic mass is 32.2. The Morgan fingerprint density at radius 2 is 2.00 bits per heavy atom. The fourth-order valence-electron chi connectivity index (χ4n) is 2.46. The molecule has 3 rings (SSSR count). The molecular weight excluding hydrogens is 242 g/mol. The molecule has 1 amide bonds. The van der Waals surface area contributed by atoms with Gasteiger partial charge >= 0.3 is 0 Å². The lowest BCUT2D eigenvalue weighted by Crippen LogP contribution is -2.34. The molecule has 0 bridgehead atoms. The summed E-state index contributed by atoms with van der Waals surface area (Å²) in [5, 5.41) is 0.455. The lowest BCUT2D eigenvalue weighted by molar-refractivity contribution is -0.130. The van der Waals surface area contributed by atoms with Gasteiger partial charge in [0, 0.05) is 30.5 Å². The summed E-state index contributed by atoms with van der Waals surface area (Å²) in [6.07, 6.45) is 3.33. The summed E-state index contributed by atoms with van der Waals surface area (Å²) in [6.45, 7) is 1.88. The van der Waals surface area contributed by atoms with E-state index in [0.29, 0.717) is 17.6 Å². The summed E-state index contributed by atoms with van der Waals surface area (Å²) in [7, 11) is 0. The largest absolute Gasteiger partial charge is 0.341 e. The summed E-state index contributed by atoms with van der Waals surface area (Å²) in [5.74, 6) is 2.10. The van der Waals surface area contributed by atoms with Crippen molar-refractivity contribution in [2.75, 3.05) is 18.8 Å². The highest BCUT2D eigenvalue weighted by Gasteiger charge is 2.30. The molecule has 2 fully saturated rings. The number of rotatable bonds is 3. The average molecular weight is 261 g/mol. The first-order valence-corrected chi connectivity index (χ1v) is 7.82. The van der Waals surface area contributed by atoms with Crippen molar-refractivity contribution in [1.29, 1.82) is 0 Å². The molecule has 1 heterocycles. The fourth-order valence-corrected chi connectivity index (χ4v) is 3.67. The molecule has 0 aromatic heterocycles. The predicted octanol–water partition coefficient (Wildman–Crippen LogP) is 3.10. The third-order valence-electron chi connectivity index (χ3n) is 3.72. The number of nitrogens with zero attached hydrogens (tertiary/aromatic N) is 1. The molecule has 1 aliphatic carbocycles. The van der Waals surface area contributed by atoms with E-state index in [-0.39, 0.29) is 0 Å². The van der Waals surface area contributed by atoms with Gasteiger partial charge in [-0.05, 0) is 24.3 Å². The molecule has 96 valence electrons. The van der Waals surface area contributed by atoms with Crippen molar-refractivity contribution in [3.05, 3.63) is 35.9 Å². The van der Waals surface area contributed by atoms with Gasteiger partial charge in [0.05, 0.1) is 0 Å². The molecule has 1 aromatic rings. The maximum absolute atomic E-state index is 12.1. The molecule has 1 saturated heterocycles. The molecule has 1 saturated carbocycles. The van der Waals surface area contributed by atoms with E-state index in [1.54, 1.807) is 0 Å². The van der Waals surface area contributed by atoms with E-state index in [1.165, 1.54) is 18.4 Å². The number of thioether (sulfide) groups is 1. The Balaban J connectivity index is 1.72. The van der Waals surface area contributed by atoms with Crippen LogP contribution < -0.4 is 0 Å². The van der Waals surface area contributed by atoms with Crippen LogP contribution in [0, 0.1) is 5.92 Å². The van der Waals surface area contributed by atoms with Crippen molar-refractivity contribution in [3.8, 4) is 0 Å². The lowest BCUT2D eigenvalue weighted by atomic mass is 10.1. The molecule has 2 nitrogen and oxygen atoms in total. The third-order valence-corrected chi connectivity index (χ3v) is 4.98. The Bertz CT molecular complexity index is 416. The van der Waals surface area contributed by atoms with Gasteiger partial charge in [0.2, 0.25) is 5.91 Å². The summed E-state index contributed by atoms with van der Waals surface area (Å²) >= 11 is 1.93. The summed E-state index contributed by atoms with van der Waals surface area (Å²) in [4.78, 5) is 14.2. The number of carbonyl (C=O) groups excluding carboxylic acids is 1. The molecule has 0 unspecified atom stereocenters. The molecule has 0 N–H and O–H groups in total. The standard InChI is InChI=1S/C15H19NOS/c17-15-8-9-18-14(13-4-2-1-3-5-13)11-16(15)10-12-6-7-12/h1-5,12,14H,6-11H2/t14-/m1/s1. The number of amides is 1. The highest BCUT2D eigenvalue weighted by Crippen LogP contribution is 2.35. The van der Waals surface area contributed by atoms with Gasteiger partial charge in [0.25, 0.3) is 0 Å². The van der Waals surface area contributed by atoms with Crippen LogP contribution in [-0.2, 0) is 4.79 Å². The quantitative estimate of drug-likeness (QED) is 0.833. The Morgan fingerprint density at radius 1 is 1.22 bits per heavy atom. The molecule has 18 heavy (non-hydrogen) atoms. The van der Waals surface area contributed by atoms with Crippen LogP contribution in [0.1, 0.15) is 30.1 Å². The number of hydrogen-bond donors (Lipinski definition) is 0. The first-order valence-electron chi connectivity index (χ1n) is 6.77. The Hall–Kier alpha value is -0.960. The summed E-state index contributed by atoms with van der Waals surface area (Å²) in [5.41, 5.74) is 1.36. The van der Waals surface area contributed by atoms with Crippen LogP contribution in [0.15, 0.2) is 30.3 Å². The molecule has 0 spiro atoms. The van der Waals surface area contributed by atoms with Gasteiger partial charge in [0.15, 0.2) is 0 Å². The minimum atomic E-state index is 0.354. The highest BCUT2D eigenvalue weighted by molar-refractivity contribution is 7.99.